The van der Waals surface area contributed by atoms with Crippen molar-refractivity contribution >= 4 is 5.97 Å². The fourth-order valence-electron chi connectivity index (χ4n) is 3.64. The Bertz CT molecular complexity index is 985. The Hall–Kier alpha value is -3.27. The van der Waals surface area contributed by atoms with Crippen LogP contribution in [0.3, 0.4) is 0 Å². The summed E-state index contributed by atoms with van der Waals surface area (Å²) in [5, 5.41) is 21.3. The van der Waals surface area contributed by atoms with Crippen LogP contribution in [-0.2, 0) is 10.3 Å². The molecule has 0 amide bonds. The van der Waals surface area contributed by atoms with E-state index in [1.54, 1.807) is 42.5 Å². The quantitative estimate of drug-likeness (QED) is 0.683. The Morgan fingerprint density at radius 3 is 1.85 bits per heavy atom. The number of aryl methyl sites for hydroxylation is 2. The molecule has 1 aliphatic heterocycles. The molecular weight excluding hydrogens is 328 g/mol. The molecule has 1 aliphatic rings. The second-order valence-electron chi connectivity index (χ2n) is 6.66. The molecule has 0 saturated carbocycles. The number of cyclic esters (lactones) is 1. The van der Waals surface area contributed by atoms with Gasteiger partial charge in [0.15, 0.2) is 5.60 Å². The van der Waals surface area contributed by atoms with Gasteiger partial charge < -0.3 is 14.9 Å². The van der Waals surface area contributed by atoms with Crippen molar-refractivity contribution in [2.75, 3.05) is 0 Å². The number of benzene rings is 3. The predicted molar refractivity (Wildman–Crippen MR) is 97.4 cm³/mol. The molecule has 1 heterocycles. The second kappa shape index (κ2) is 5.63. The van der Waals surface area contributed by atoms with Gasteiger partial charge in [-0.1, -0.05) is 42.5 Å². The third kappa shape index (κ3) is 2.19. The molecule has 0 atom stereocenters. The SMILES string of the molecule is Cc1ccc(C2(c3ccc(C)cc3O)OC(=O)c3ccccc32)c(O)c1. The van der Waals surface area contributed by atoms with E-state index in [-0.39, 0.29) is 11.5 Å². The van der Waals surface area contributed by atoms with Crippen LogP contribution in [0.25, 0.3) is 0 Å². The first-order chi connectivity index (χ1) is 12.4. The van der Waals surface area contributed by atoms with E-state index < -0.39 is 11.6 Å². The zero-order valence-electron chi connectivity index (χ0n) is 14.5. The fourth-order valence-corrected chi connectivity index (χ4v) is 3.64. The van der Waals surface area contributed by atoms with E-state index in [2.05, 4.69) is 0 Å². The minimum Gasteiger partial charge on any atom is -0.507 e. The van der Waals surface area contributed by atoms with Crippen molar-refractivity contribution in [3.63, 3.8) is 0 Å². The first-order valence-corrected chi connectivity index (χ1v) is 8.36. The minimum absolute atomic E-state index is 0.00878. The maximum Gasteiger partial charge on any atom is 0.340 e. The standard InChI is InChI=1S/C22H18O4/c1-13-7-9-17(19(23)11-13)22(18-10-8-14(2)12-20(18)24)16-6-4-3-5-15(16)21(25)26-22/h3-12,23-24H,1-2H3. The number of aromatic hydroxyl groups is 2. The highest BCUT2D eigenvalue weighted by Gasteiger charge is 2.51. The third-order valence-corrected chi connectivity index (χ3v) is 4.84. The molecule has 0 bridgehead atoms. The summed E-state index contributed by atoms with van der Waals surface area (Å²) in [5.74, 6) is -0.468. The van der Waals surface area contributed by atoms with E-state index in [9.17, 15) is 15.0 Å². The predicted octanol–water partition coefficient (Wildman–Crippen LogP) is 4.18. The number of phenols is 2. The molecule has 0 unspecified atom stereocenters. The summed E-state index contributed by atoms with van der Waals surface area (Å²) in [7, 11) is 0. The van der Waals surface area contributed by atoms with Crippen molar-refractivity contribution in [3.05, 3.63) is 94.0 Å². The highest BCUT2D eigenvalue weighted by molar-refractivity contribution is 5.96. The molecule has 3 aromatic carbocycles. The largest absolute Gasteiger partial charge is 0.507 e. The van der Waals surface area contributed by atoms with Crippen LogP contribution in [0.2, 0.25) is 0 Å². The van der Waals surface area contributed by atoms with Gasteiger partial charge in [-0.05, 0) is 43.2 Å². The number of hydrogen-bond donors (Lipinski definition) is 2. The molecule has 0 spiro atoms. The molecule has 0 aromatic heterocycles. The van der Waals surface area contributed by atoms with Crippen molar-refractivity contribution < 1.29 is 19.7 Å². The molecule has 130 valence electrons. The Kier molecular flexibility index (Phi) is 3.51. The first-order valence-electron chi connectivity index (χ1n) is 8.36. The summed E-state index contributed by atoms with van der Waals surface area (Å²) in [6.07, 6.45) is 0. The molecule has 0 aliphatic carbocycles. The van der Waals surface area contributed by atoms with Crippen LogP contribution in [0.1, 0.15) is 38.2 Å². The summed E-state index contributed by atoms with van der Waals surface area (Å²) in [6.45, 7) is 3.74. The van der Waals surface area contributed by atoms with Gasteiger partial charge in [0.1, 0.15) is 11.5 Å². The lowest BCUT2D eigenvalue weighted by molar-refractivity contribution is 0.0239. The van der Waals surface area contributed by atoms with Gasteiger partial charge in [-0.2, -0.15) is 0 Å². The van der Waals surface area contributed by atoms with Crippen molar-refractivity contribution in [1.82, 2.24) is 0 Å². The zero-order chi connectivity index (χ0) is 18.5. The van der Waals surface area contributed by atoms with Crippen LogP contribution < -0.4 is 0 Å². The number of carbonyl (C=O) groups excluding carboxylic acids is 1. The van der Waals surface area contributed by atoms with Gasteiger partial charge in [0.2, 0.25) is 0 Å². The zero-order valence-corrected chi connectivity index (χ0v) is 14.5. The molecule has 3 aromatic rings. The Balaban J connectivity index is 2.11. The first kappa shape index (κ1) is 16.2. The Morgan fingerprint density at radius 1 is 0.769 bits per heavy atom. The van der Waals surface area contributed by atoms with E-state index in [0.29, 0.717) is 22.3 Å². The lowest BCUT2D eigenvalue weighted by Crippen LogP contribution is -2.29. The van der Waals surface area contributed by atoms with E-state index in [1.807, 2.05) is 32.0 Å². The van der Waals surface area contributed by atoms with E-state index >= 15 is 0 Å². The average Bonchev–Trinajstić information content (AvgIpc) is 2.89. The monoisotopic (exact) mass is 346 g/mol. The third-order valence-electron chi connectivity index (χ3n) is 4.84. The molecule has 0 saturated heterocycles. The van der Waals surface area contributed by atoms with Crippen LogP contribution in [-0.4, -0.2) is 16.2 Å². The smallest absolute Gasteiger partial charge is 0.340 e. The van der Waals surface area contributed by atoms with E-state index in [4.69, 9.17) is 4.74 Å². The summed E-state index contributed by atoms with van der Waals surface area (Å²) in [6, 6.07) is 17.5. The Morgan fingerprint density at radius 2 is 1.31 bits per heavy atom. The number of hydrogen-bond acceptors (Lipinski definition) is 4. The summed E-state index contributed by atoms with van der Waals surface area (Å²) in [4.78, 5) is 12.6. The molecule has 0 radical (unpaired) electrons. The van der Waals surface area contributed by atoms with E-state index in [1.165, 1.54) is 0 Å². The molecule has 4 heteroatoms. The van der Waals surface area contributed by atoms with Gasteiger partial charge in [-0.15, -0.1) is 0 Å². The van der Waals surface area contributed by atoms with Gasteiger partial charge in [-0.25, -0.2) is 4.79 Å². The van der Waals surface area contributed by atoms with Crippen molar-refractivity contribution in [3.8, 4) is 11.5 Å². The number of rotatable bonds is 2. The lowest BCUT2D eigenvalue weighted by atomic mass is 9.78. The molecule has 4 nitrogen and oxygen atoms in total. The van der Waals surface area contributed by atoms with Crippen molar-refractivity contribution in [1.29, 1.82) is 0 Å². The van der Waals surface area contributed by atoms with Crippen LogP contribution >= 0.6 is 0 Å². The molecular formula is C22H18O4. The van der Waals surface area contributed by atoms with Crippen LogP contribution in [0.15, 0.2) is 60.7 Å². The highest BCUT2D eigenvalue weighted by Crippen LogP contribution is 2.51. The molecule has 0 fully saturated rings. The number of carbonyl (C=O) groups is 1. The maximum atomic E-state index is 12.6. The molecule has 4 rings (SSSR count). The van der Waals surface area contributed by atoms with E-state index in [0.717, 1.165) is 11.1 Å². The minimum atomic E-state index is -1.40. The summed E-state index contributed by atoms with van der Waals surface area (Å²) >= 11 is 0. The van der Waals surface area contributed by atoms with Crippen LogP contribution in [0, 0.1) is 13.8 Å². The van der Waals surface area contributed by atoms with Gasteiger partial charge in [0.25, 0.3) is 0 Å². The van der Waals surface area contributed by atoms with Gasteiger partial charge >= 0.3 is 5.97 Å². The topological polar surface area (TPSA) is 66.8 Å². The number of phenolic OH excluding ortho intramolecular Hbond substituents is 2. The van der Waals surface area contributed by atoms with Gasteiger partial charge in [0, 0.05) is 16.7 Å². The lowest BCUT2D eigenvalue weighted by Gasteiger charge is -2.31. The van der Waals surface area contributed by atoms with Crippen molar-refractivity contribution in [2.45, 2.75) is 19.4 Å². The fraction of sp³-hybridized carbons (Fsp3) is 0.136. The highest BCUT2D eigenvalue weighted by atomic mass is 16.6. The number of esters is 1. The van der Waals surface area contributed by atoms with Crippen LogP contribution in [0.4, 0.5) is 0 Å². The average molecular weight is 346 g/mol. The maximum absolute atomic E-state index is 12.6. The number of ether oxygens (including phenoxy) is 1. The Labute approximate surface area is 151 Å². The number of fused-ring (bicyclic) bond motifs is 1. The van der Waals surface area contributed by atoms with Crippen LogP contribution in [0.5, 0.6) is 11.5 Å². The van der Waals surface area contributed by atoms with Gasteiger partial charge in [0.05, 0.1) is 5.56 Å². The van der Waals surface area contributed by atoms with Gasteiger partial charge in [-0.3, -0.25) is 0 Å². The normalized spacial score (nSPS) is 14.8. The molecule has 2 N–H and O–H groups in total. The summed E-state index contributed by atoms with van der Waals surface area (Å²) in [5.41, 5.74) is 2.22. The summed E-state index contributed by atoms with van der Waals surface area (Å²) < 4.78 is 5.87. The molecule has 26 heavy (non-hydrogen) atoms. The van der Waals surface area contributed by atoms with Crippen molar-refractivity contribution in [2.24, 2.45) is 0 Å². The second-order valence-corrected chi connectivity index (χ2v) is 6.66.